The van der Waals surface area contributed by atoms with Crippen LogP contribution in [0.3, 0.4) is 0 Å². The molecule has 1 aromatic carbocycles. The molecule has 2 heteroatoms. The largest absolute Gasteiger partial charge is 0.465 e. The summed E-state index contributed by atoms with van der Waals surface area (Å²) in [5.41, 5.74) is 1.85. The summed E-state index contributed by atoms with van der Waals surface area (Å²) >= 11 is 0. The van der Waals surface area contributed by atoms with E-state index in [4.69, 9.17) is 4.74 Å². The molecule has 0 radical (unpaired) electrons. The van der Waals surface area contributed by atoms with E-state index in [9.17, 15) is 4.79 Å². The van der Waals surface area contributed by atoms with Crippen LogP contribution in [0.1, 0.15) is 54.9 Å². The number of allylic oxidation sites excluding steroid dienone is 1. The summed E-state index contributed by atoms with van der Waals surface area (Å²) in [7, 11) is 1.40. The van der Waals surface area contributed by atoms with Crippen molar-refractivity contribution in [1.29, 1.82) is 0 Å². The van der Waals surface area contributed by atoms with Crippen LogP contribution in [0.2, 0.25) is 0 Å². The van der Waals surface area contributed by atoms with E-state index in [1.54, 1.807) is 0 Å². The lowest BCUT2D eigenvalue weighted by molar-refractivity contribution is 0.0600. The van der Waals surface area contributed by atoms with Crippen molar-refractivity contribution in [1.82, 2.24) is 0 Å². The monoisotopic (exact) mass is 274 g/mol. The van der Waals surface area contributed by atoms with Gasteiger partial charge >= 0.3 is 5.97 Å². The van der Waals surface area contributed by atoms with Gasteiger partial charge in [-0.1, -0.05) is 50.8 Å². The standard InChI is InChI=1S/C18H26O2/c1-4-6-7-8-9-15(5-2)14-16-10-12-17(13-11-16)18(19)20-3/h5,10-13,15H,2,4,6-9,14H2,1,3H3. The molecule has 0 saturated carbocycles. The Kier molecular flexibility index (Phi) is 7.71. The Hall–Kier alpha value is -1.57. The lowest BCUT2D eigenvalue weighted by Gasteiger charge is -2.12. The minimum Gasteiger partial charge on any atom is -0.465 e. The van der Waals surface area contributed by atoms with Crippen LogP contribution in [-0.2, 0) is 11.2 Å². The molecule has 1 rings (SSSR count). The van der Waals surface area contributed by atoms with Crippen molar-refractivity contribution in [2.75, 3.05) is 7.11 Å². The molecule has 1 aromatic rings. The van der Waals surface area contributed by atoms with Crippen LogP contribution in [0.4, 0.5) is 0 Å². The summed E-state index contributed by atoms with van der Waals surface area (Å²) in [6, 6.07) is 7.68. The molecule has 0 saturated heterocycles. The molecular formula is C18H26O2. The van der Waals surface area contributed by atoms with Gasteiger partial charge in [-0.25, -0.2) is 4.79 Å². The number of carbonyl (C=O) groups excluding carboxylic acids is 1. The number of unbranched alkanes of at least 4 members (excludes halogenated alkanes) is 3. The Morgan fingerprint density at radius 2 is 1.95 bits per heavy atom. The van der Waals surface area contributed by atoms with Gasteiger partial charge in [0.2, 0.25) is 0 Å². The van der Waals surface area contributed by atoms with Crippen LogP contribution in [0, 0.1) is 5.92 Å². The van der Waals surface area contributed by atoms with Gasteiger partial charge in [-0.3, -0.25) is 0 Å². The van der Waals surface area contributed by atoms with E-state index in [1.807, 2.05) is 24.3 Å². The Balaban J connectivity index is 2.48. The third-order valence-electron chi connectivity index (χ3n) is 3.63. The molecule has 20 heavy (non-hydrogen) atoms. The fourth-order valence-electron chi connectivity index (χ4n) is 2.33. The lowest BCUT2D eigenvalue weighted by Crippen LogP contribution is -2.03. The van der Waals surface area contributed by atoms with E-state index in [2.05, 4.69) is 19.6 Å². The smallest absolute Gasteiger partial charge is 0.337 e. The molecule has 1 unspecified atom stereocenters. The number of benzene rings is 1. The summed E-state index contributed by atoms with van der Waals surface area (Å²) in [5, 5.41) is 0. The zero-order valence-electron chi connectivity index (χ0n) is 12.7. The van der Waals surface area contributed by atoms with E-state index in [1.165, 1.54) is 44.8 Å². The third-order valence-corrected chi connectivity index (χ3v) is 3.63. The first-order chi connectivity index (χ1) is 9.71. The number of hydrogen-bond acceptors (Lipinski definition) is 2. The van der Waals surface area contributed by atoms with E-state index >= 15 is 0 Å². The van der Waals surface area contributed by atoms with Crippen molar-refractivity contribution in [3.8, 4) is 0 Å². The summed E-state index contributed by atoms with van der Waals surface area (Å²) in [5.74, 6) is 0.243. The first kappa shape index (κ1) is 16.5. The SMILES string of the molecule is C=CC(CCCCCC)Cc1ccc(C(=O)OC)cc1. The van der Waals surface area contributed by atoms with Crippen molar-refractivity contribution in [3.63, 3.8) is 0 Å². The lowest BCUT2D eigenvalue weighted by atomic mass is 9.93. The van der Waals surface area contributed by atoms with Crippen LogP contribution < -0.4 is 0 Å². The Labute approximate surface area is 122 Å². The first-order valence-electron chi connectivity index (χ1n) is 7.51. The van der Waals surface area contributed by atoms with Crippen molar-refractivity contribution in [2.45, 2.75) is 45.4 Å². The molecule has 0 heterocycles. The van der Waals surface area contributed by atoms with Crippen molar-refractivity contribution in [3.05, 3.63) is 48.0 Å². The molecule has 1 atom stereocenters. The van der Waals surface area contributed by atoms with Gasteiger partial charge in [0.05, 0.1) is 12.7 Å². The number of rotatable bonds is 9. The zero-order chi connectivity index (χ0) is 14.8. The molecular weight excluding hydrogens is 248 g/mol. The van der Waals surface area contributed by atoms with Crippen LogP contribution in [0.5, 0.6) is 0 Å². The van der Waals surface area contributed by atoms with E-state index in [0.717, 1.165) is 6.42 Å². The fraction of sp³-hybridized carbons (Fsp3) is 0.500. The van der Waals surface area contributed by atoms with Crippen LogP contribution in [0.15, 0.2) is 36.9 Å². The maximum atomic E-state index is 11.4. The molecule has 0 aliphatic rings. The van der Waals surface area contributed by atoms with Gasteiger partial charge in [-0.05, 0) is 36.5 Å². The molecule has 0 amide bonds. The minimum absolute atomic E-state index is 0.281. The number of ether oxygens (including phenoxy) is 1. The summed E-state index contributed by atoms with van der Waals surface area (Å²) in [6.45, 7) is 6.17. The predicted molar refractivity (Wildman–Crippen MR) is 83.9 cm³/mol. The zero-order valence-corrected chi connectivity index (χ0v) is 12.7. The quantitative estimate of drug-likeness (QED) is 0.368. The normalized spacial score (nSPS) is 11.9. The van der Waals surface area contributed by atoms with Crippen LogP contribution >= 0.6 is 0 Å². The molecule has 0 fully saturated rings. The highest BCUT2D eigenvalue weighted by atomic mass is 16.5. The van der Waals surface area contributed by atoms with Crippen LogP contribution in [-0.4, -0.2) is 13.1 Å². The Morgan fingerprint density at radius 1 is 1.25 bits per heavy atom. The molecule has 0 aromatic heterocycles. The topological polar surface area (TPSA) is 26.3 Å². The first-order valence-corrected chi connectivity index (χ1v) is 7.51. The van der Waals surface area contributed by atoms with Gasteiger partial charge in [0, 0.05) is 0 Å². The summed E-state index contributed by atoms with van der Waals surface area (Å²) in [4.78, 5) is 11.4. The van der Waals surface area contributed by atoms with Gasteiger partial charge < -0.3 is 4.74 Å². The van der Waals surface area contributed by atoms with Crippen LogP contribution in [0.25, 0.3) is 0 Å². The molecule has 2 nitrogen and oxygen atoms in total. The number of hydrogen-bond donors (Lipinski definition) is 0. The molecule has 0 aliphatic heterocycles. The third kappa shape index (κ3) is 5.60. The second-order valence-electron chi connectivity index (χ2n) is 5.24. The molecule has 0 bridgehead atoms. The van der Waals surface area contributed by atoms with E-state index in [0.29, 0.717) is 11.5 Å². The second-order valence-corrected chi connectivity index (χ2v) is 5.24. The highest BCUT2D eigenvalue weighted by Gasteiger charge is 2.08. The molecule has 0 N–H and O–H groups in total. The van der Waals surface area contributed by atoms with Gasteiger partial charge in [0.1, 0.15) is 0 Å². The highest BCUT2D eigenvalue weighted by molar-refractivity contribution is 5.89. The predicted octanol–water partition coefficient (Wildman–Crippen LogP) is 4.79. The number of esters is 1. The molecule has 110 valence electrons. The van der Waals surface area contributed by atoms with E-state index < -0.39 is 0 Å². The van der Waals surface area contributed by atoms with Gasteiger partial charge in [0.15, 0.2) is 0 Å². The van der Waals surface area contributed by atoms with Crippen molar-refractivity contribution < 1.29 is 9.53 Å². The van der Waals surface area contributed by atoms with Gasteiger partial charge in [0.25, 0.3) is 0 Å². The molecule has 0 spiro atoms. The Bertz CT molecular complexity index is 406. The van der Waals surface area contributed by atoms with Crippen molar-refractivity contribution >= 4 is 5.97 Å². The number of methoxy groups -OCH3 is 1. The summed E-state index contributed by atoms with van der Waals surface area (Å²) in [6.07, 6.45) is 9.41. The maximum Gasteiger partial charge on any atom is 0.337 e. The average molecular weight is 274 g/mol. The van der Waals surface area contributed by atoms with Gasteiger partial charge in [-0.15, -0.1) is 6.58 Å². The maximum absolute atomic E-state index is 11.4. The fourth-order valence-corrected chi connectivity index (χ4v) is 2.33. The summed E-state index contributed by atoms with van der Waals surface area (Å²) < 4.78 is 4.70. The average Bonchev–Trinajstić information content (AvgIpc) is 2.50. The highest BCUT2D eigenvalue weighted by Crippen LogP contribution is 2.18. The van der Waals surface area contributed by atoms with Gasteiger partial charge in [-0.2, -0.15) is 0 Å². The van der Waals surface area contributed by atoms with Crippen molar-refractivity contribution in [2.24, 2.45) is 5.92 Å². The van der Waals surface area contributed by atoms with E-state index in [-0.39, 0.29) is 5.97 Å². The second kappa shape index (κ2) is 9.35. The Morgan fingerprint density at radius 3 is 2.50 bits per heavy atom. The number of carbonyl (C=O) groups is 1. The minimum atomic E-state index is -0.281. The molecule has 0 aliphatic carbocycles.